The Morgan fingerprint density at radius 2 is 2.44 bits per heavy atom. The molecule has 3 aromatic heterocycles. The van der Waals surface area contributed by atoms with Gasteiger partial charge in [-0.1, -0.05) is 0 Å². The summed E-state index contributed by atoms with van der Waals surface area (Å²) in [5.41, 5.74) is 2.06. The third kappa shape index (κ3) is 1.86. The number of H-pyrrole nitrogens is 1. The van der Waals surface area contributed by atoms with E-state index < -0.39 is 0 Å². The highest BCUT2D eigenvalue weighted by atomic mass is 32.1. The Hall–Kier alpha value is -2.22. The van der Waals surface area contributed by atoms with E-state index >= 15 is 0 Å². The molecule has 92 valence electrons. The fraction of sp³-hybridized carbons (Fsp3) is 0.200. The van der Waals surface area contributed by atoms with Gasteiger partial charge < -0.3 is 5.32 Å². The summed E-state index contributed by atoms with van der Waals surface area (Å²) in [5, 5.41) is 9.50. The van der Waals surface area contributed by atoms with Crippen molar-refractivity contribution in [3.05, 3.63) is 39.0 Å². The van der Waals surface area contributed by atoms with Crippen molar-refractivity contribution < 1.29 is 0 Å². The summed E-state index contributed by atoms with van der Waals surface area (Å²) in [7, 11) is 0. The van der Waals surface area contributed by atoms with Crippen LogP contribution in [0, 0.1) is 6.92 Å². The number of hydrogen-bond acceptors (Lipinski definition) is 6. The maximum absolute atomic E-state index is 11.4. The van der Waals surface area contributed by atoms with Gasteiger partial charge in [0.15, 0.2) is 5.65 Å². The Labute approximate surface area is 106 Å². The molecular formula is C10H10N6OS. The van der Waals surface area contributed by atoms with Crippen LogP contribution in [0.15, 0.2) is 22.6 Å². The van der Waals surface area contributed by atoms with Crippen LogP contribution < -0.4 is 11.0 Å². The molecule has 8 heteroatoms. The Balaban J connectivity index is 1.91. The second-order valence-corrected chi connectivity index (χ2v) is 4.70. The number of nitrogens with one attached hydrogen (secondary N) is 2. The maximum atomic E-state index is 11.4. The minimum absolute atomic E-state index is 0.274. The van der Waals surface area contributed by atoms with Crippen molar-refractivity contribution in [1.82, 2.24) is 24.6 Å². The molecular weight excluding hydrogens is 252 g/mol. The zero-order chi connectivity index (χ0) is 12.5. The van der Waals surface area contributed by atoms with Crippen molar-refractivity contribution in [2.24, 2.45) is 0 Å². The highest BCUT2D eigenvalue weighted by Gasteiger charge is 2.06. The van der Waals surface area contributed by atoms with Gasteiger partial charge in [0, 0.05) is 17.1 Å². The number of hydrogen-bond donors (Lipinski definition) is 2. The molecule has 2 N–H and O–H groups in total. The lowest BCUT2D eigenvalue weighted by atomic mass is 10.4. The number of fused-ring (bicyclic) bond motifs is 1. The number of nitrogens with zero attached hydrogens (tertiary/aromatic N) is 4. The van der Waals surface area contributed by atoms with Gasteiger partial charge in [-0.2, -0.15) is 5.10 Å². The normalized spacial score (nSPS) is 10.9. The molecule has 0 bridgehead atoms. The van der Waals surface area contributed by atoms with E-state index in [4.69, 9.17) is 0 Å². The van der Waals surface area contributed by atoms with Crippen molar-refractivity contribution in [1.29, 1.82) is 0 Å². The molecule has 0 saturated carbocycles. The Morgan fingerprint density at radius 1 is 1.56 bits per heavy atom. The van der Waals surface area contributed by atoms with Crippen LogP contribution >= 0.6 is 11.3 Å². The first-order chi connectivity index (χ1) is 8.74. The number of aromatic nitrogens is 5. The Morgan fingerprint density at radius 3 is 3.22 bits per heavy atom. The molecule has 0 unspecified atom stereocenters. The number of aromatic amines is 1. The maximum Gasteiger partial charge on any atom is 0.349 e. The van der Waals surface area contributed by atoms with E-state index in [9.17, 15) is 4.79 Å². The molecule has 0 fully saturated rings. The minimum atomic E-state index is -0.274. The summed E-state index contributed by atoms with van der Waals surface area (Å²) in [6.07, 6.45) is 1.81. The average Bonchev–Trinajstić information content (AvgIpc) is 2.97. The van der Waals surface area contributed by atoms with Gasteiger partial charge >= 0.3 is 5.69 Å². The van der Waals surface area contributed by atoms with Crippen LogP contribution in [0.1, 0.15) is 10.7 Å². The predicted octanol–water partition coefficient (Wildman–Crippen LogP) is 0.795. The molecule has 0 radical (unpaired) electrons. The van der Waals surface area contributed by atoms with Gasteiger partial charge in [-0.05, 0) is 6.92 Å². The SMILES string of the molecule is Cc1nc(NCc2cncs2)cc2n[nH]c(=O)n12. The second-order valence-electron chi connectivity index (χ2n) is 3.73. The van der Waals surface area contributed by atoms with Gasteiger partial charge in [0.2, 0.25) is 0 Å². The Kier molecular flexibility index (Phi) is 2.56. The summed E-state index contributed by atoms with van der Waals surface area (Å²) in [6, 6.07) is 1.73. The van der Waals surface area contributed by atoms with Crippen molar-refractivity contribution in [2.75, 3.05) is 5.32 Å². The van der Waals surface area contributed by atoms with E-state index in [0.717, 1.165) is 4.88 Å². The molecule has 0 aliphatic rings. The summed E-state index contributed by atoms with van der Waals surface area (Å²) in [6.45, 7) is 2.42. The molecule has 0 amide bonds. The van der Waals surface area contributed by atoms with Crippen molar-refractivity contribution >= 4 is 22.8 Å². The summed E-state index contributed by atoms with van der Waals surface area (Å²) in [5.74, 6) is 1.28. The lowest BCUT2D eigenvalue weighted by Crippen LogP contribution is -2.14. The fourth-order valence-corrected chi connectivity index (χ4v) is 2.23. The third-order valence-electron chi connectivity index (χ3n) is 2.50. The molecule has 0 spiro atoms. The topological polar surface area (TPSA) is 88.0 Å². The van der Waals surface area contributed by atoms with Crippen molar-refractivity contribution in [3.63, 3.8) is 0 Å². The van der Waals surface area contributed by atoms with E-state index in [-0.39, 0.29) is 5.69 Å². The van der Waals surface area contributed by atoms with Crippen LogP contribution in [-0.2, 0) is 6.54 Å². The van der Waals surface area contributed by atoms with Gasteiger partial charge in [0.1, 0.15) is 11.6 Å². The number of anilines is 1. The monoisotopic (exact) mass is 262 g/mol. The number of rotatable bonds is 3. The highest BCUT2D eigenvalue weighted by Crippen LogP contribution is 2.11. The smallest absolute Gasteiger partial charge is 0.349 e. The van der Waals surface area contributed by atoms with E-state index in [2.05, 4.69) is 25.5 Å². The molecule has 0 aliphatic carbocycles. The van der Waals surface area contributed by atoms with E-state index in [1.807, 2.05) is 6.20 Å². The van der Waals surface area contributed by atoms with Crippen LogP contribution in [0.5, 0.6) is 0 Å². The van der Waals surface area contributed by atoms with Crippen molar-refractivity contribution in [3.8, 4) is 0 Å². The number of thiazole rings is 1. The van der Waals surface area contributed by atoms with Crippen LogP contribution in [0.25, 0.3) is 5.65 Å². The highest BCUT2D eigenvalue weighted by molar-refractivity contribution is 7.09. The number of aryl methyl sites for hydroxylation is 1. The first kappa shape index (κ1) is 10.9. The summed E-state index contributed by atoms with van der Waals surface area (Å²) >= 11 is 1.58. The quantitative estimate of drug-likeness (QED) is 0.728. The first-order valence-electron chi connectivity index (χ1n) is 5.30. The fourth-order valence-electron chi connectivity index (χ4n) is 1.70. The van der Waals surface area contributed by atoms with Crippen molar-refractivity contribution in [2.45, 2.75) is 13.5 Å². The molecule has 3 heterocycles. The molecule has 0 atom stereocenters. The van der Waals surface area contributed by atoms with E-state index in [1.165, 1.54) is 4.40 Å². The summed E-state index contributed by atoms with van der Waals surface area (Å²) in [4.78, 5) is 20.9. The lowest BCUT2D eigenvalue weighted by molar-refractivity contribution is 0.932. The van der Waals surface area contributed by atoms with Gasteiger partial charge in [0.05, 0.1) is 12.1 Å². The third-order valence-corrected chi connectivity index (χ3v) is 3.28. The zero-order valence-electron chi connectivity index (χ0n) is 9.54. The molecule has 18 heavy (non-hydrogen) atoms. The Bertz CT molecular complexity index is 728. The van der Waals surface area contributed by atoms with Crippen LogP contribution in [-0.4, -0.2) is 24.6 Å². The first-order valence-corrected chi connectivity index (χ1v) is 6.18. The molecule has 7 nitrogen and oxygen atoms in total. The molecule has 0 aliphatic heterocycles. The van der Waals surface area contributed by atoms with E-state index in [1.54, 1.807) is 29.8 Å². The second kappa shape index (κ2) is 4.22. The van der Waals surface area contributed by atoms with Gasteiger partial charge in [-0.25, -0.2) is 19.3 Å². The molecule has 3 rings (SSSR count). The van der Waals surface area contributed by atoms with Gasteiger partial charge in [-0.15, -0.1) is 11.3 Å². The zero-order valence-corrected chi connectivity index (χ0v) is 10.4. The predicted molar refractivity (Wildman–Crippen MR) is 67.8 cm³/mol. The van der Waals surface area contributed by atoms with E-state index in [0.29, 0.717) is 23.8 Å². The molecule has 3 aromatic rings. The molecule has 0 saturated heterocycles. The largest absolute Gasteiger partial charge is 0.365 e. The van der Waals surface area contributed by atoms with Gasteiger partial charge in [-0.3, -0.25) is 4.98 Å². The van der Waals surface area contributed by atoms with Gasteiger partial charge in [0.25, 0.3) is 0 Å². The minimum Gasteiger partial charge on any atom is -0.365 e. The average molecular weight is 262 g/mol. The van der Waals surface area contributed by atoms with Crippen LogP contribution in [0.2, 0.25) is 0 Å². The summed E-state index contributed by atoms with van der Waals surface area (Å²) < 4.78 is 1.43. The lowest BCUT2D eigenvalue weighted by Gasteiger charge is -2.05. The molecule has 0 aromatic carbocycles. The van der Waals surface area contributed by atoms with Crippen LogP contribution in [0.3, 0.4) is 0 Å². The van der Waals surface area contributed by atoms with Crippen LogP contribution in [0.4, 0.5) is 5.82 Å². The standard InChI is InChI=1S/C10H10N6OS/c1-6-13-8(12-4-7-3-11-5-18-7)2-9-14-15-10(17)16(6)9/h2-3,5,12H,4H2,1H3,(H,15,17).